The Morgan fingerprint density at radius 1 is 1.29 bits per heavy atom. The molecule has 0 aliphatic carbocycles. The summed E-state index contributed by atoms with van der Waals surface area (Å²) in [5.74, 6) is 0.636. The van der Waals surface area contributed by atoms with Crippen LogP contribution in [0.3, 0.4) is 0 Å². The molecule has 3 nitrogen and oxygen atoms in total. The van der Waals surface area contributed by atoms with Crippen LogP contribution in [0.1, 0.15) is 18.9 Å². The third kappa shape index (κ3) is 3.58. The number of anilines is 1. The second kappa shape index (κ2) is 7.29. The molecule has 0 bridgehead atoms. The molecule has 24 heavy (non-hydrogen) atoms. The molecule has 0 fully saturated rings. The number of carbonyl (C=O) groups is 1. The zero-order valence-corrected chi connectivity index (χ0v) is 14.7. The molecule has 0 saturated carbocycles. The number of hydrogen-bond acceptors (Lipinski definition) is 2. The summed E-state index contributed by atoms with van der Waals surface area (Å²) in [6.45, 7) is 2.58. The van der Waals surface area contributed by atoms with Crippen LogP contribution in [0.15, 0.2) is 48.5 Å². The Labute approximate surface area is 151 Å². The fraction of sp³-hybridized carbons (Fsp3) is 0.211. The van der Waals surface area contributed by atoms with Gasteiger partial charge in [-0.1, -0.05) is 48.3 Å². The lowest BCUT2D eigenvalue weighted by Gasteiger charge is -2.34. The minimum Gasteiger partial charge on any atom is -0.486 e. The van der Waals surface area contributed by atoms with Gasteiger partial charge in [-0.3, -0.25) is 4.79 Å². The van der Waals surface area contributed by atoms with Crippen molar-refractivity contribution in [3.05, 3.63) is 64.1 Å². The lowest BCUT2D eigenvalue weighted by molar-refractivity contribution is -0.114. The van der Waals surface area contributed by atoms with E-state index in [0.29, 0.717) is 16.6 Å². The predicted octanol–water partition coefficient (Wildman–Crippen LogP) is 5.21. The van der Waals surface area contributed by atoms with Gasteiger partial charge in [-0.05, 0) is 42.3 Å². The topological polar surface area (TPSA) is 29.5 Å². The first-order chi connectivity index (χ1) is 11.6. The van der Waals surface area contributed by atoms with E-state index in [1.807, 2.05) is 31.2 Å². The summed E-state index contributed by atoms with van der Waals surface area (Å²) in [4.78, 5) is 14.4. The van der Waals surface area contributed by atoms with Crippen LogP contribution in [0, 0.1) is 0 Å². The Morgan fingerprint density at radius 2 is 2.08 bits per heavy atom. The van der Waals surface area contributed by atoms with Crippen molar-refractivity contribution in [1.29, 1.82) is 0 Å². The number of amides is 1. The third-order valence-corrected chi connectivity index (χ3v) is 4.49. The number of fused-ring (bicyclic) bond motifs is 1. The van der Waals surface area contributed by atoms with Gasteiger partial charge in [0.1, 0.15) is 11.9 Å². The van der Waals surface area contributed by atoms with E-state index in [1.54, 1.807) is 29.2 Å². The van der Waals surface area contributed by atoms with Gasteiger partial charge in [-0.2, -0.15) is 0 Å². The molecule has 1 heterocycles. The smallest absolute Gasteiger partial charge is 0.251 e. The van der Waals surface area contributed by atoms with Gasteiger partial charge < -0.3 is 9.64 Å². The van der Waals surface area contributed by atoms with E-state index < -0.39 is 0 Å². The van der Waals surface area contributed by atoms with Crippen LogP contribution in [0.2, 0.25) is 10.0 Å². The lowest BCUT2D eigenvalue weighted by atomic mass is 10.1. The molecule has 1 atom stereocenters. The van der Waals surface area contributed by atoms with E-state index in [2.05, 4.69) is 0 Å². The fourth-order valence-electron chi connectivity index (χ4n) is 2.61. The normalized spacial score (nSPS) is 16.8. The van der Waals surface area contributed by atoms with Crippen molar-refractivity contribution in [2.75, 3.05) is 11.4 Å². The molecular formula is C19H17Cl2NO2. The van der Waals surface area contributed by atoms with Crippen LogP contribution in [0.4, 0.5) is 5.69 Å². The summed E-state index contributed by atoms with van der Waals surface area (Å²) in [6.07, 6.45) is 4.07. The van der Waals surface area contributed by atoms with Gasteiger partial charge in [0, 0.05) is 16.1 Å². The minimum atomic E-state index is -0.102. The summed E-state index contributed by atoms with van der Waals surface area (Å²) in [6, 6.07) is 12.8. The van der Waals surface area contributed by atoms with Gasteiger partial charge in [-0.25, -0.2) is 0 Å². The highest BCUT2D eigenvalue weighted by Gasteiger charge is 2.27. The maximum atomic E-state index is 12.7. The van der Waals surface area contributed by atoms with E-state index >= 15 is 0 Å². The molecule has 0 spiro atoms. The zero-order chi connectivity index (χ0) is 17.1. The highest BCUT2D eigenvalue weighted by molar-refractivity contribution is 6.35. The summed E-state index contributed by atoms with van der Waals surface area (Å²) >= 11 is 12.0. The number of benzene rings is 2. The predicted molar refractivity (Wildman–Crippen MR) is 99.0 cm³/mol. The van der Waals surface area contributed by atoms with Crippen molar-refractivity contribution in [2.45, 2.75) is 19.4 Å². The SMILES string of the molecule is CCC1CN(C(=O)/C=C/c2ccc(Cl)cc2Cl)c2ccccc2O1. The van der Waals surface area contributed by atoms with E-state index in [0.717, 1.165) is 23.4 Å². The summed E-state index contributed by atoms with van der Waals surface area (Å²) < 4.78 is 5.90. The minimum absolute atomic E-state index is 0.00336. The van der Waals surface area contributed by atoms with Crippen LogP contribution >= 0.6 is 23.2 Å². The van der Waals surface area contributed by atoms with Crippen LogP contribution in [-0.2, 0) is 4.79 Å². The third-order valence-electron chi connectivity index (χ3n) is 3.93. The lowest BCUT2D eigenvalue weighted by Crippen LogP contribution is -2.42. The van der Waals surface area contributed by atoms with Gasteiger partial charge in [0.25, 0.3) is 5.91 Å². The quantitative estimate of drug-likeness (QED) is 0.702. The monoisotopic (exact) mass is 361 g/mol. The molecule has 1 amide bonds. The molecule has 0 N–H and O–H groups in total. The number of carbonyl (C=O) groups excluding carboxylic acids is 1. The van der Waals surface area contributed by atoms with Crippen molar-refractivity contribution in [2.24, 2.45) is 0 Å². The highest BCUT2D eigenvalue weighted by Crippen LogP contribution is 2.34. The Hall–Kier alpha value is -1.97. The van der Waals surface area contributed by atoms with Gasteiger partial charge in [0.05, 0.1) is 12.2 Å². The van der Waals surface area contributed by atoms with Crippen molar-refractivity contribution < 1.29 is 9.53 Å². The number of nitrogens with zero attached hydrogens (tertiary/aromatic N) is 1. The van der Waals surface area contributed by atoms with Crippen molar-refractivity contribution >= 4 is 40.9 Å². The molecule has 0 saturated heterocycles. The summed E-state index contributed by atoms with van der Waals surface area (Å²) in [5.41, 5.74) is 1.54. The van der Waals surface area contributed by atoms with Crippen molar-refractivity contribution in [3.63, 3.8) is 0 Å². The van der Waals surface area contributed by atoms with E-state index in [4.69, 9.17) is 27.9 Å². The first-order valence-corrected chi connectivity index (χ1v) is 8.54. The highest BCUT2D eigenvalue weighted by atomic mass is 35.5. The molecule has 1 aliphatic heterocycles. The standard InChI is InChI=1S/C19H17Cl2NO2/c1-2-15-12-22(17-5-3-4-6-18(17)24-15)19(23)10-8-13-7-9-14(20)11-16(13)21/h3-11,15H,2,12H2,1H3/b10-8+. The maximum absolute atomic E-state index is 12.7. The molecule has 1 aliphatic rings. The Bertz CT molecular complexity index is 789. The van der Waals surface area contributed by atoms with Gasteiger partial charge >= 0.3 is 0 Å². The van der Waals surface area contributed by atoms with Crippen LogP contribution in [-0.4, -0.2) is 18.6 Å². The second-order valence-electron chi connectivity index (χ2n) is 5.56. The van der Waals surface area contributed by atoms with E-state index in [1.165, 1.54) is 6.08 Å². The molecular weight excluding hydrogens is 345 g/mol. The van der Waals surface area contributed by atoms with E-state index in [9.17, 15) is 4.79 Å². The Balaban J connectivity index is 1.85. The van der Waals surface area contributed by atoms with Gasteiger partial charge in [0.2, 0.25) is 0 Å². The van der Waals surface area contributed by atoms with E-state index in [-0.39, 0.29) is 12.0 Å². The molecule has 0 radical (unpaired) electrons. The molecule has 2 aromatic carbocycles. The number of ether oxygens (including phenoxy) is 1. The number of halogens is 2. The second-order valence-corrected chi connectivity index (χ2v) is 6.41. The van der Waals surface area contributed by atoms with Gasteiger partial charge in [0.15, 0.2) is 0 Å². The number of rotatable bonds is 3. The average Bonchev–Trinajstić information content (AvgIpc) is 2.59. The molecule has 0 aromatic heterocycles. The zero-order valence-electron chi connectivity index (χ0n) is 13.2. The molecule has 124 valence electrons. The van der Waals surface area contributed by atoms with Crippen LogP contribution in [0.25, 0.3) is 6.08 Å². The molecule has 5 heteroatoms. The van der Waals surface area contributed by atoms with Crippen LogP contribution < -0.4 is 9.64 Å². The Kier molecular flexibility index (Phi) is 5.12. The molecule has 2 aromatic rings. The number of para-hydroxylation sites is 2. The first-order valence-electron chi connectivity index (χ1n) is 7.79. The van der Waals surface area contributed by atoms with Crippen molar-refractivity contribution in [1.82, 2.24) is 0 Å². The average molecular weight is 362 g/mol. The maximum Gasteiger partial charge on any atom is 0.251 e. The van der Waals surface area contributed by atoms with Crippen molar-refractivity contribution in [3.8, 4) is 5.75 Å². The summed E-state index contributed by atoms with van der Waals surface area (Å²) in [5, 5.41) is 1.08. The Morgan fingerprint density at radius 3 is 2.83 bits per heavy atom. The summed E-state index contributed by atoms with van der Waals surface area (Å²) in [7, 11) is 0. The molecule has 1 unspecified atom stereocenters. The largest absolute Gasteiger partial charge is 0.486 e. The van der Waals surface area contributed by atoms with Gasteiger partial charge in [-0.15, -0.1) is 0 Å². The number of hydrogen-bond donors (Lipinski definition) is 0. The van der Waals surface area contributed by atoms with Crippen LogP contribution in [0.5, 0.6) is 5.75 Å². The fourth-order valence-corrected chi connectivity index (χ4v) is 3.08. The first kappa shape index (κ1) is 16.9. The molecule has 3 rings (SSSR count).